The van der Waals surface area contributed by atoms with Crippen molar-refractivity contribution in [3.63, 3.8) is 0 Å². The lowest BCUT2D eigenvalue weighted by Gasteiger charge is -1.99. The number of hydrogen-bond donors (Lipinski definition) is 0. The van der Waals surface area contributed by atoms with Gasteiger partial charge in [0, 0.05) is 0 Å². The molecule has 1 unspecified atom stereocenters. The maximum atomic E-state index is 10.4. The van der Waals surface area contributed by atoms with Gasteiger partial charge >= 0.3 is 7.38 Å². The summed E-state index contributed by atoms with van der Waals surface area (Å²) in [4.78, 5) is 0. The summed E-state index contributed by atoms with van der Waals surface area (Å²) in [7, 11) is -2.38. The third-order valence-corrected chi connectivity index (χ3v) is 1.85. The molecule has 0 amide bonds. The van der Waals surface area contributed by atoms with Gasteiger partial charge in [0.25, 0.3) is 0 Å². The standard InChI is InChI=1S/C7H8ClO2P/c1-6-2-4-7(5-3-6)10-11(8)9/h2-5,11H,1H3. The number of benzene rings is 1. The van der Waals surface area contributed by atoms with Gasteiger partial charge in [0.1, 0.15) is 5.75 Å². The smallest absolute Gasteiger partial charge is 0.325 e. The first-order chi connectivity index (χ1) is 5.18. The molecule has 4 heteroatoms. The summed E-state index contributed by atoms with van der Waals surface area (Å²) >= 11 is 5.18. The summed E-state index contributed by atoms with van der Waals surface area (Å²) in [6, 6.07) is 7.22. The third kappa shape index (κ3) is 2.96. The van der Waals surface area contributed by atoms with Crippen LogP contribution in [0, 0.1) is 6.92 Å². The second-order valence-electron chi connectivity index (χ2n) is 2.15. The Morgan fingerprint density at radius 2 is 1.91 bits per heavy atom. The Labute approximate surface area is 70.8 Å². The lowest BCUT2D eigenvalue weighted by molar-refractivity contribution is 0.519. The first kappa shape index (κ1) is 8.63. The van der Waals surface area contributed by atoms with Crippen molar-refractivity contribution >= 4 is 18.6 Å². The predicted octanol–water partition coefficient (Wildman–Crippen LogP) is 3.00. The highest BCUT2D eigenvalue weighted by atomic mass is 35.7. The fraction of sp³-hybridized carbons (Fsp3) is 0.143. The molecule has 11 heavy (non-hydrogen) atoms. The van der Waals surface area contributed by atoms with Gasteiger partial charge < -0.3 is 4.52 Å². The molecule has 0 aliphatic carbocycles. The van der Waals surface area contributed by atoms with E-state index in [4.69, 9.17) is 15.8 Å². The van der Waals surface area contributed by atoms with Gasteiger partial charge in [-0.15, -0.1) is 0 Å². The van der Waals surface area contributed by atoms with E-state index in [-0.39, 0.29) is 0 Å². The monoisotopic (exact) mass is 190 g/mol. The zero-order valence-corrected chi connectivity index (χ0v) is 7.76. The van der Waals surface area contributed by atoms with Gasteiger partial charge in [0.05, 0.1) is 0 Å². The van der Waals surface area contributed by atoms with E-state index >= 15 is 0 Å². The van der Waals surface area contributed by atoms with Crippen LogP contribution in [0.2, 0.25) is 0 Å². The van der Waals surface area contributed by atoms with Crippen molar-refractivity contribution in [2.75, 3.05) is 0 Å². The summed E-state index contributed by atoms with van der Waals surface area (Å²) in [5.74, 6) is 0.550. The molecule has 0 aromatic heterocycles. The molecule has 0 aliphatic rings. The minimum absolute atomic E-state index is 0.550. The minimum atomic E-state index is -2.38. The van der Waals surface area contributed by atoms with E-state index in [1.54, 1.807) is 12.1 Å². The average Bonchev–Trinajstić information content (AvgIpc) is 1.93. The lowest BCUT2D eigenvalue weighted by Crippen LogP contribution is -1.76. The Morgan fingerprint density at radius 1 is 1.36 bits per heavy atom. The predicted molar refractivity (Wildman–Crippen MR) is 46.7 cm³/mol. The molecular formula is C7H8ClO2P. The molecule has 1 aromatic rings. The first-order valence-corrected chi connectivity index (χ1v) is 5.45. The van der Waals surface area contributed by atoms with Crippen molar-refractivity contribution in [1.82, 2.24) is 0 Å². The molecule has 0 aliphatic heterocycles. The molecule has 1 aromatic carbocycles. The fourth-order valence-corrected chi connectivity index (χ4v) is 1.29. The van der Waals surface area contributed by atoms with Gasteiger partial charge in [-0.25, -0.2) is 0 Å². The van der Waals surface area contributed by atoms with Crippen molar-refractivity contribution in [3.8, 4) is 5.75 Å². The average molecular weight is 191 g/mol. The van der Waals surface area contributed by atoms with E-state index in [9.17, 15) is 4.57 Å². The van der Waals surface area contributed by atoms with Crippen LogP contribution in [0.5, 0.6) is 5.75 Å². The molecule has 60 valence electrons. The van der Waals surface area contributed by atoms with Crippen molar-refractivity contribution in [2.24, 2.45) is 0 Å². The highest BCUT2D eigenvalue weighted by Crippen LogP contribution is 2.30. The number of halogens is 1. The third-order valence-electron chi connectivity index (χ3n) is 1.22. The van der Waals surface area contributed by atoms with E-state index < -0.39 is 7.38 Å². The topological polar surface area (TPSA) is 26.3 Å². The fourth-order valence-electron chi connectivity index (χ4n) is 0.699. The van der Waals surface area contributed by atoms with E-state index in [1.165, 1.54) is 0 Å². The summed E-state index contributed by atoms with van der Waals surface area (Å²) in [5, 5.41) is 0. The second kappa shape index (κ2) is 3.80. The summed E-state index contributed by atoms with van der Waals surface area (Å²) in [5.41, 5.74) is 1.13. The largest absolute Gasteiger partial charge is 0.435 e. The summed E-state index contributed by atoms with van der Waals surface area (Å²) < 4.78 is 15.2. The molecule has 0 heterocycles. The van der Waals surface area contributed by atoms with Crippen LogP contribution in [0.25, 0.3) is 0 Å². The SMILES string of the molecule is Cc1ccc(O[PH](=O)Cl)cc1. The van der Waals surface area contributed by atoms with Crippen molar-refractivity contribution in [3.05, 3.63) is 29.8 Å². The van der Waals surface area contributed by atoms with Crippen molar-refractivity contribution in [1.29, 1.82) is 0 Å². The van der Waals surface area contributed by atoms with E-state index in [1.807, 2.05) is 19.1 Å². The van der Waals surface area contributed by atoms with Gasteiger partial charge in [-0.1, -0.05) is 17.7 Å². The molecule has 0 fully saturated rings. The van der Waals surface area contributed by atoms with Crippen LogP contribution in [-0.2, 0) is 4.57 Å². The first-order valence-electron chi connectivity index (χ1n) is 3.12. The van der Waals surface area contributed by atoms with Gasteiger partial charge in [-0.3, -0.25) is 4.57 Å². The van der Waals surface area contributed by atoms with Crippen LogP contribution in [0.1, 0.15) is 5.56 Å². The van der Waals surface area contributed by atoms with Gasteiger partial charge in [-0.2, -0.15) is 0 Å². The van der Waals surface area contributed by atoms with Crippen LogP contribution in [0.4, 0.5) is 0 Å². The van der Waals surface area contributed by atoms with Gasteiger partial charge in [0.15, 0.2) is 0 Å². The summed E-state index contributed by atoms with van der Waals surface area (Å²) in [6.07, 6.45) is 0. The maximum Gasteiger partial charge on any atom is 0.325 e. The number of aryl methyl sites for hydroxylation is 1. The Morgan fingerprint density at radius 3 is 2.36 bits per heavy atom. The Bertz CT molecular complexity index is 258. The second-order valence-corrected chi connectivity index (χ2v) is 3.76. The van der Waals surface area contributed by atoms with Crippen LogP contribution < -0.4 is 4.52 Å². The Hall–Kier alpha value is -0.460. The molecule has 0 bridgehead atoms. The summed E-state index contributed by atoms with van der Waals surface area (Å²) in [6.45, 7) is 1.97. The molecular weight excluding hydrogens is 183 g/mol. The lowest BCUT2D eigenvalue weighted by atomic mass is 10.2. The number of rotatable bonds is 2. The van der Waals surface area contributed by atoms with Crippen molar-refractivity contribution in [2.45, 2.75) is 6.92 Å². The molecule has 0 spiro atoms. The van der Waals surface area contributed by atoms with Gasteiger partial charge in [0.2, 0.25) is 0 Å². The van der Waals surface area contributed by atoms with Crippen LogP contribution in [0.3, 0.4) is 0 Å². The van der Waals surface area contributed by atoms with Gasteiger partial charge in [-0.05, 0) is 30.3 Å². The maximum absolute atomic E-state index is 10.4. The Kier molecular flexibility index (Phi) is 2.98. The molecule has 0 N–H and O–H groups in total. The van der Waals surface area contributed by atoms with E-state index in [0.29, 0.717) is 5.75 Å². The molecule has 1 rings (SSSR count). The van der Waals surface area contributed by atoms with Crippen LogP contribution in [-0.4, -0.2) is 0 Å². The highest BCUT2D eigenvalue weighted by molar-refractivity contribution is 7.70. The molecule has 2 nitrogen and oxygen atoms in total. The molecule has 1 atom stereocenters. The zero-order chi connectivity index (χ0) is 8.27. The minimum Gasteiger partial charge on any atom is -0.435 e. The molecule has 0 saturated carbocycles. The van der Waals surface area contributed by atoms with Crippen molar-refractivity contribution < 1.29 is 9.09 Å². The van der Waals surface area contributed by atoms with E-state index in [0.717, 1.165) is 5.56 Å². The Balaban J connectivity index is 2.74. The van der Waals surface area contributed by atoms with E-state index in [2.05, 4.69) is 0 Å². The van der Waals surface area contributed by atoms with Crippen LogP contribution in [0.15, 0.2) is 24.3 Å². The van der Waals surface area contributed by atoms with Crippen LogP contribution >= 0.6 is 18.6 Å². The normalized spacial score (nSPS) is 12.5. The molecule has 0 radical (unpaired) electrons. The quantitative estimate of drug-likeness (QED) is 0.670. The highest BCUT2D eigenvalue weighted by Gasteiger charge is 1.94. The number of hydrogen-bond acceptors (Lipinski definition) is 2. The zero-order valence-electron chi connectivity index (χ0n) is 6.00. The molecule has 0 saturated heterocycles.